The topological polar surface area (TPSA) is 91.5 Å². The summed E-state index contributed by atoms with van der Waals surface area (Å²) < 4.78 is 5.79. The van der Waals surface area contributed by atoms with Crippen LogP contribution in [0.5, 0.6) is 0 Å². The molecule has 9 heteroatoms. The summed E-state index contributed by atoms with van der Waals surface area (Å²) in [5, 5.41) is 18.5. The van der Waals surface area contributed by atoms with Gasteiger partial charge in [-0.15, -0.1) is 0 Å². The van der Waals surface area contributed by atoms with Gasteiger partial charge in [-0.2, -0.15) is 0 Å². The van der Waals surface area contributed by atoms with Crippen molar-refractivity contribution in [3.8, 4) is 11.3 Å². The quantitative estimate of drug-likeness (QED) is 0.390. The summed E-state index contributed by atoms with van der Waals surface area (Å²) in [4.78, 5) is 17.8. The van der Waals surface area contributed by atoms with Gasteiger partial charge in [-0.25, -0.2) is 9.78 Å². The summed E-state index contributed by atoms with van der Waals surface area (Å²) in [5.74, 6) is 1.07. The van der Waals surface area contributed by atoms with E-state index in [1.54, 1.807) is 6.07 Å². The molecule has 3 aliphatic rings. The van der Waals surface area contributed by atoms with Gasteiger partial charge in [0.05, 0.1) is 10.0 Å². The van der Waals surface area contributed by atoms with Crippen molar-refractivity contribution in [1.29, 1.82) is 0 Å². The largest absolute Gasteiger partial charge is 0.477 e. The van der Waals surface area contributed by atoms with Crippen LogP contribution in [-0.4, -0.2) is 40.3 Å². The normalized spacial score (nSPS) is 19.5. The molecule has 35 heavy (non-hydrogen) atoms. The Kier molecular flexibility index (Phi) is 5.65. The Morgan fingerprint density at radius 1 is 1.09 bits per heavy atom. The van der Waals surface area contributed by atoms with Gasteiger partial charge in [0.1, 0.15) is 17.2 Å². The third-order valence-corrected chi connectivity index (χ3v) is 8.31. The van der Waals surface area contributed by atoms with E-state index in [2.05, 4.69) is 20.4 Å². The standard InChI is InChI=1S/C26H26Cl2N4O3/c27-17-3-1-4-18(28)21(17)22-23(24(35-31-22)15-7-8-15)29-16-13-26(14-16)9-11-32(12-10-26)20-6-2-5-19(30-20)25(33)34/h1-6,15-16,29H,7-14H2,(H,33,34). The van der Waals surface area contributed by atoms with Crippen LogP contribution in [-0.2, 0) is 0 Å². The van der Waals surface area contributed by atoms with Crippen LogP contribution in [0.4, 0.5) is 11.5 Å². The van der Waals surface area contributed by atoms with Crippen LogP contribution in [0.3, 0.4) is 0 Å². The summed E-state index contributed by atoms with van der Waals surface area (Å²) in [7, 11) is 0. The lowest BCUT2D eigenvalue weighted by molar-refractivity contribution is 0.0689. The fourth-order valence-electron chi connectivity index (χ4n) is 5.59. The van der Waals surface area contributed by atoms with Crippen LogP contribution in [0.2, 0.25) is 10.0 Å². The van der Waals surface area contributed by atoms with E-state index in [-0.39, 0.29) is 5.69 Å². The predicted octanol–water partition coefficient (Wildman–Crippen LogP) is 6.48. The average molecular weight is 513 g/mol. The van der Waals surface area contributed by atoms with E-state index >= 15 is 0 Å². The van der Waals surface area contributed by atoms with E-state index in [9.17, 15) is 9.90 Å². The third kappa shape index (κ3) is 4.25. The van der Waals surface area contributed by atoms with Gasteiger partial charge in [0.15, 0.2) is 11.5 Å². The van der Waals surface area contributed by atoms with Crippen LogP contribution in [0.15, 0.2) is 40.9 Å². The van der Waals surface area contributed by atoms with Gasteiger partial charge in [0.2, 0.25) is 0 Å². The SMILES string of the molecule is O=C(O)c1cccc(N2CCC3(CC2)CC(Nc2c(-c4c(Cl)cccc4Cl)noc2C2CC2)C3)n1. The molecule has 2 N–H and O–H groups in total. The lowest BCUT2D eigenvalue weighted by Crippen LogP contribution is -2.51. The van der Waals surface area contributed by atoms with Crippen molar-refractivity contribution < 1.29 is 14.4 Å². The minimum Gasteiger partial charge on any atom is -0.477 e. The molecular weight excluding hydrogens is 487 g/mol. The van der Waals surface area contributed by atoms with Crippen molar-refractivity contribution in [2.45, 2.75) is 50.5 Å². The number of aromatic nitrogens is 2. The fourth-order valence-corrected chi connectivity index (χ4v) is 6.17. The molecule has 3 aromatic rings. The van der Waals surface area contributed by atoms with Gasteiger partial charge < -0.3 is 19.8 Å². The van der Waals surface area contributed by atoms with Crippen molar-refractivity contribution in [3.05, 3.63) is 57.9 Å². The molecule has 1 spiro atoms. The van der Waals surface area contributed by atoms with E-state index in [0.29, 0.717) is 38.7 Å². The number of nitrogens with one attached hydrogen (secondary N) is 1. The lowest BCUT2D eigenvalue weighted by Gasteiger charge is -2.52. The molecule has 182 valence electrons. The second-order valence-electron chi connectivity index (χ2n) is 10.1. The van der Waals surface area contributed by atoms with Crippen LogP contribution in [0, 0.1) is 5.41 Å². The van der Waals surface area contributed by atoms with Crippen molar-refractivity contribution in [2.24, 2.45) is 5.41 Å². The maximum atomic E-state index is 11.3. The van der Waals surface area contributed by atoms with Crippen molar-refractivity contribution >= 4 is 40.7 Å². The summed E-state index contributed by atoms with van der Waals surface area (Å²) in [5.41, 5.74) is 2.74. The molecule has 1 aromatic carbocycles. The Labute approximate surface area is 213 Å². The number of piperidine rings is 1. The number of benzene rings is 1. The molecule has 2 aliphatic carbocycles. The number of hydrogen-bond acceptors (Lipinski definition) is 6. The summed E-state index contributed by atoms with van der Waals surface area (Å²) in [6.07, 6.45) is 6.50. The molecule has 0 bridgehead atoms. The van der Waals surface area contributed by atoms with E-state index in [4.69, 9.17) is 27.7 Å². The highest BCUT2D eigenvalue weighted by molar-refractivity contribution is 6.39. The minimum atomic E-state index is -0.995. The van der Waals surface area contributed by atoms with Crippen molar-refractivity contribution in [1.82, 2.24) is 10.1 Å². The lowest BCUT2D eigenvalue weighted by atomic mass is 9.60. The molecule has 0 radical (unpaired) electrons. The molecule has 1 aliphatic heterocycles. The first-order valence-electron chi connectivity index (χ1n) is 12.1. The predicted molar refractivity (Wildman–Crippen MR) is 136 cm³/mol. The fraction of sp³-hybridized carbons (Fsp3) is 0.423. The summed E-state index contributed by atoms with van der Waals surface area (Å²) in [6, 6.07) is 11.0. The number of pyridine rings is 1. The van der Waals surface area contributed by atoms with E-state index in [0.717, 1.165) is 68.9 Å². The summed E-state index contributed by atoms with van der Waals surface area (Å²) >= 11 is 13.0. The third-order valence-electron chi connectivity index (χ3n) is 7.68. The molecule has 0 atom stereocenters. The molecule has 3 fully saturated rings. The monoisotopic (exact) mass is 512 g/mol. The van der Waals surface area contributed by atoms with Gasteiger partial charge in [-0.3, -0.25) is 0 Å². The number of aromatic carboxylic acids is 1. The average Bonchev–Trinajstić information content (AvgIpc) is 3.60. The molecule has 2 aromatic heterocycles. The zero-order valence-corrected chi connectivity index (χ0v) is 20.6. The van der Waals surface area contributed by atoms with Crippen LogP contribution >= 0.6 is 23.2 Å². The van der Waals surface area contributed by atoms with Crippen LogP contribution in [0.1, 0.15) is 60.7 Å². The number of carboxylic acid groups (broad SMARTS) is 1. The number of carboxylic acids is 1. The Morgan fingerprint density at radius 3 is 2.43 bits per heavy atom. The Morgan fingerprint density at radius 2 is 1.77 bits per heavy atom. The molecule has 0 unspecified atom stereocenters. The van der Waals surface area contributed by atoms with Crippen LogP contribution < -0.4 is 10.2 Å². The second kappa shape index (κ2) is 8.71. The minimum absolute atomic E-state index is 0.0883. The number of nitrogens with zero attached hydrogens (tertiary/aromatic N) is 3. The number of anilines is 2. The maximum absolute atomic E-state index is 11.3. The zero-order chi connectivity index (χ0) is 24.2. The van der Waals surface area contributed by atoms with E-state index < -0.39 is 5.97 Å². The molecule has 0 amide bonds. The van der Waals surface area contributed by atoms with Crippen LogP contribution in [0.25, 0.3) is 11.3 Å². The first-order valence-corrected chi connectivity index (χ1v) is 12.8. The van der Waals surface area contributed by atoms with Crippen molar-refractivity contribution in [3.63, 3.8) is 0 Å². The van der Waals surface area contributed by atoms with E-state index in [1.165, 1.54) is 6.07 Å². The molecule has 3 heterocycles. The smallest absolute Gasteiger partial charge is 0.354 e. The first kappa shape index (κ1) is 22.7. The molecule has 1 saturated heterocycles. The maximum Gasteiger partial charge on any atom is 0.354 e. The second-order valence-corrected chi connectivity index (χ2v) is 10.9. The highest BCUT2D eigenvalue weighted by Crippen LogP contribution is 2.53. The molecular formula is C26H26Cl2N4O3. The van der Waals surface area contributed by atoms with Gasteiger partial charge in [-0.1, -0.05) is 40.5 Å². The Balaban J connectivity index is 1.14. The van der Waals surface area contributed by atoms with E-state index in [1.807, 2.05) is 24.3 Å². The first-order chi connectivity index (χ1) is 16.9. The Hall–Kier alpha value is -2.77. The summed E-state index contributed by atoms with van der Waals surface area (Å²) in [6.45, 7) is 1.76. The highest BCUT2D eigenvalue weighted by Gasteiger charge is 2.47. The van der Waals surface area contributed by atoms with Gasteiger partial charge in [-0.05, 0) is 68.2 Å². The molecule has 2 saturated carbocycles. The number of hydrogen-bond donors (Lipinski definition) is 2. The van der Waals surface area contributed by atoms with Gasteiger partial charge >= 0.3 is 5.97 Å². The number of rotatable bonds is 6. The highest BCUT2D eigenvalue weighted by atomic mass is 35.5. The number of carbonyl (C=O) groups is 1. The van der Waals surface area contributed by atoms with Crippen molar-refractivity contribution in [2.75, 3.05) is 23.3 Å². The Bertz CT molecular complexity index is 1250. The zero-order valence-electron chi connectivity index (χ0n) is 19.1. The molecule has 6 rings (SSSR count). The molecule has 7 nitrogen and oxygen atoms in total. The number of halogens is 2. The van der Waals surface area contributed by atoms with Gasteiger partial charge in [0, 0.05) is 30.6 Å². The van der Waals surface area contributed by atoms with Gasteiger partial charge in [0.25, 0.3) is 0 Å².